The van der Waals surface area contributed by atoms with Crippen molar-refractivity contribution in [1.82, 2.24) is 0 Å². The number of rotatable bonds is 4. The molecule has 19 heavy (non-hydrogen) atoms. The number of nitrogens with zero attached hydrogens (tertiary/aromatic N) is 2. The van der Waals surface area contributed by atoms with Gasteiger partial charge in [0.05, 0.1) is 9.85 Å². The summed E-state index contributed by atoms with van der Waals surface area (Å²) >= 11 is 1.32. The van der Waals surface area contributed by atoms with Crippen LogP contribution in [-0.4, -0.2) is 18.3 Å². The predicted molar refractivity (Wildman–Crippen MR) is 67.4 cm³/mol. The van der Waals surface area contributed by atoms with E-state index in [0.717, 1.165) is 12.1 Å². The van der Waals surface area contributed by atoms with Gasteiger partial charge in [0.15, 0.2) is 0 Å². The molecular formula is C8H4N2O6S3. The molecule has 0 amide bonds. The average molecular weight is 320 g/mol. The molecule has 0 aliphatic rings. The van der Waals surface area contributed by atoms with Crippen LogP contribution in [0.5, 0.6) is 0 Å². The van der Waals surface area contributed by atoms with E-state index in [2.05, 4.69) is 0 Å². The van der Waals surface area contributed by atoms with Crippen LogP contribution in [0.1, 0.15) is 0 Å². The molecule has 2 aromatic heterocycles. The fourth-order valence-corrected chi connectivity index (χ4v) is 5.51. The average Bonchev–Trinajstić information content (AvgIpc) is 2.98. The maximum absolute atomic E-state index is 12.2. The first-order valence-corrected chi connectivity index (χ1v) is 7.79. The van der Waals surface area contributed by atoms with Crippen molar-refractivity contribution < 1.29 is 18.3 Å². The number of hydrogen-bond donors (Lipinski definition) is 0. The summed E-state index contributed by atoms with van der Waals surface area (Å²) in [5, 5.41) is 24.0. The van der Waals surface area contributed by atoms with Gasteiger partial charge in [-0.25, -0.2) is 8.42 Å². The Morgan fingerprint density at radius 1 is 0.895 bits per heavy atom. The summed E-state index contributed by atoms with van der Waals surface area (Å²) in [6, 6.07) is 2.11. The first-order chi connectivity index (χ1) is 8.85. The minimum Gasteiger partial charge on any atom is -0.258 e. The van der Waals surface area contributed by atoms with Gasteiger partial charge in [0, 0.05) is 12.1 Å². The SMILES string of the molecule is O=[N+]([O-])c1ccsc1S(=O)(=O)c1sccc1[N+](=O)[O-]. The van der Waals surface area contributed by atoms with Crippen molar-refractivity contribution in [2.75, 3.05) is 0 Å². The van der Waals surface area contributed by atoms with Crippen LogP contribution in [0.25, 0.3) is 0 Å². The maximum atomic E-state index is 12.2. The molecule has 11 heteroatoms. The van der Waals surface area contributed by atoms with Crippen LogP contribution in [0, 0.1) is 20.2 Å². The summed E-state index contributed by atoms with van der Waals surface area (Å²) in [6.07, 6.45) is 0. The third-order valence-corrected chi connectivity index (χ3v) is 6.78. The molecule has 8 nitrogen and oxygen atoms in total. The molecule has 0 aliphatic heterocycles. The lowest BCUT2D eigenvalue weighted by Gasteiger charge is -1.98. The Kier molecular flexibility index (Phi) is 3.34. The summed E-state index contributed by atoms with van der Waals surface area (Å²) in [6.45, 7) is 0. The normalized spacial score (nSPS) is 11.4. The Labute approximate surface area is 114 Å². The van der Waals surface area contributed by atoms with Crippen LogP contribution in [0.4, 0.5) is 11.4 Å². The molecule has 0 fully saturated rings. The van der Waals surface area contributed by atoms with Crippen molar-refractivity contribution >= 4 is 43.9 Å². The summed E-state index contributed by atoms with van der Waals surface area (Å²) in [5.41, 5.74) is -1.15. The summed E-state index contributed by atoms with van der Waals surface area (Å²) in [5.74, 6) is 0. The predicted octanol–water partition coefficient (Wildman–Crippen LogP) is 2.46. The highest BCUT2D eigenvalue weighted by atomic mass is 32.3. The molecule has 0 saturated carbocycles. The zero-order chi connectivity index (χ0) is 14.2. The second kappa shape index (κ2) is 4.68. The van der Waals surface area contributed by atoms with Gasteiger partial charge in [-0.2, -0.15) is 0 Å². The molecule has 100 valence electrons. The third-order valence-electron chi connectivity index (χ3n) is 2.10. The van der Waals surface area contributed by atoms with E-state index in [-0.39, 0.29) is 0 Å². The number of sulfone groups is 1. The molecule has 0 unspecified atom stereocenters. The van der Waals surface area contributed by atoms with Crippen molar-refractivity contribution in [3.05, 3.63) is 43.1 Å². The number of thiophene rings is 2. The van der Waals surface area contributed by atoms with Gasteiger partial charge in [-0.1, -0.05) is 0 Å². The van der Waals surface area contributed by atoms with Gasteiger partial charge in [-0.3, -0.25) is 20.2 Å². The molecule has 2 heterocycles. The molecule has 2 rings (SSSR count). The fraction of sp³-hybridized carbons (Fsp3) is 0. The highest BCUT2D eigenvalue weighted by Crippen LogP contribution is 2.39. The second-order valence-corrected chi connectivity index (χ2v) is 7.38. The second-order valence-electron chi connectivity index (χ2n) is 3.20. The van der Waals surface area contributed by atoms with Crippen LogP contribution in [0.3, 0.4) is 0 Å². The van der Waals surface area contributed by atoms with Crippen LogP contribution in [-0.2, 0) is 9.84 Å². The molecule has 0 N–H and O–H groups in total. The fourth-order valence-electron chi connectivity index (χ4n) is 1.33. The highest BCUT2D eigenvalue weighted by Gasteiger charge is 2.35. The monoisotopic (exact) mass is 320 g/mol. The zero-order valence-electron chi connectivity index (χ0n) is 8.88. The van der Waals surface area contributed by atoms with Gasteiger partial charge in [-0.05, 0) is 10.8 Å². The molecule has 0 aliphatic carbocycles. The highest BCUT2D eigenvalue weighted by molar-refractivity contribution is 7.95. The van der Waals surface area contributed by atoms with E-state index in [4.69, 9.17) is 0 Å². The lowest BCUT2D eigenvalue weighted by atomic mass is 10.5. The Balaban J connectivity index is 2.66. The van der Waals surface area contributed by atoms with Crippen LogP contribution in [0.15, 0.2) is 31.3 Å². The minimum absolute atomic E-state index is 0.497. The molecule has 0 atom stereocenters. The summed E-state index contributed by atoms with van der Waals surface area (Å²) < 4.78 is 23.4. The lowest BCUT2D eigenvalue weighted by molar-refractivity contribution is -0.387. The van der Waals surface area contributed by atoms with Gasteiger partial charge in [-0.15, -0.1) is 22.7 Å². The van der Waals surface area contributed by atoms with Gasteiger partial charge >= 0.3 is 0 Å². The van der Waals surface area contributed by atoms with Crippen LogP contribution >= 0.6 is 22.7 Å². The minimum atomic E-state index is -4.25. The number of hydrogen-bond acceptors (Lipinski definition) is 8. The van der Waals surface area contributed by atoms with E-state index in [0.29, 0.717) is 22.7 Å². The molecule has 0 saturated heterocycles. The Morgan fingerprint density at radius 3 is 1.58 bits per heavy atom. The lowest BCUT2D eigenvalue weighted by Crippen LogP contribution is -2.03. The summed E-state index contributed by atoms with van der Waals surface area (Å²) in [7, 11) is -4.25. The smallest absolute Gasteiger partial charge is 0.258 e. The van der Waals surface area contributed by atoms with Gasteiger partial charge in [0.1, 0.15) is 0 Å². The largest absolute Gasteiger partial charge is 0.299 e. The van der Waals surface area contributed by atoms with E-state index in [1.54, 1.807) is 0 Å². The van der Waals surface area contributed by atoms with Crippen molar-refractivity contribution in [3.8, 4) is 0 Å². The van der Waals surface area contributed by atoms with E-state index in [1.165, 1.54) is 10.8 Å². The van der Waals surface area contributed by atoms with Crippen LogP contribution in [0.2, 0.25) is 0 Å². The Bertz CT molecular complexity index is 701. The summed E-state index contributed by atoms with van der Waals surface area (Å²) in [4.78, 5) is 19.8. The van der Waals surface area contributed by atoms with Crippen molar-refractivity contribution in [3.63, 3.8) is 0 Å². The zero-order valence-corrected chi connectivity index (χ0v) is 11.3. The van der Waals surface area contributed by atoms with E-state index in [9.17, 15) is 28.6 Å². The molecule has 0 radical (unpaired) electrons. The Morgan fingerprint density at radius 2 is 1.26 bits per heavy atom. The standard InChI is InChI=1S/C8H4N2O6S3/c11-9(12)5-1-3-17-7(5)19(15,16)8-6(10(13)14)2-4-18-8/h1-4H. The topological polar surface area (TPSA) is 120 Å². The number of nitro groups is 2. The van der Waals surface area contributed by atoms with E-state index in [1.807, 2.05) is 0 Å². The molecule has 0 bridgehead atoms. The van der Waals surface area contributed by atoms with Crippen LogP contribution < -0.4 is 0 Å². The van der Waals surface area contributed by atoms with Gasteiger partial charge in [0.25, 0.3) is 11.4 Å². The molecular weight excluding hydrogens is 316 g/mol. The first-order valence-electron chi connectivity index (χ1n) is 4.54. The van der Waals surface area contributed by atoms with Gasteiger partial charge < -0.3 is 0 Å². The first kappa shape index (κ1) is 13.6. The molecule has 0 spiro atoms. The van der Waals surface area contributed by atoms with E-state index < -0.39 is 39.5 Å². The van der Waals surface area contributed by atoms with E-state index >= 15 is 0 Å². The Hall–Kier alpha value is -1.85. The van der Waals surface area contributed by atoms with Crippen molar-refractivity contribution in [2.24, 2.45) is 0 Å². The maximum Gasteiger partial charge on any atom is 0.299 e. The third kappa shape index (κ3) is 2.22. The molecule has 0 aromatic carbocycles. The quantitative estimate of drug-likeness (QED) is 0.630. The molecule has 2 aromatic rings. The van der Waals surface area contributed by atoms with Gasteiger partial charge in [0.2, 0.25) is 18.3 Å². The van der Waals surface area contributed by atoms with Crippen molar-refractivity contribution in [2.45, 2.75) is 8.42 Å². The van der Waals surface area contributed by atoms with Crippen molar-refractivity contribution in [1.29, 1.82) is 0 Å².